The van der Waals surface area contributed by atoms with Gasteiger partial charge in [0.1, 0.15) is 0 Å². The molecule has 0 aliphatic heterocycles. The van der Waals surface area contributed by atoms with Gasteiger partial charge in [-0.2, -0.15) is 0 Å². The SMILES string of the molecule is CC(C)N=C=NC(C)CCCN(C)C.Cl. The Hall–Kier alpha value is -0.370. The first-order valence-corrected chi connectivity index (χ1v) is 5.31. The lowest BCUT2D eigenvalue weighted by Gasteiger charge is -2.09. The molecule has 0 aromatic rings. The number of aliphatic imine (C=N–C) groups is 2. The fourth-order valence-electron chi connectivity index (χ4n) is 1.01. The minimum Gasteiger partial charge on any atom is -0.309 e. The lowest BCUT2D eigenvalue weighted by Crippen LogP contribution is -2.14. The number of hydrogen-bond acceptors (Lipinski definition) is 3. The minimum absolute atomic E-state index is 0. The van der Waals surface area contributed by atoms with E-state index in [0.717, 1.165) is 13.0 Å². The van der Waals surface area contributed by atoms with Gasteiger partial charge in [0, 0.05) is 0 Å². The monoisotopic (exact) mass is 233 g/mol. The first kappa shape index (κ1) is 17.0. The van der Waals surface area contributed by atoms with E-state index in [-0.39, 0.29) is 12.4 Å². The standard InChI is InChI=1S/C11H23N3.ClH/c1-10(2)12-9-13-11(3)7-6-8-14(4)5;/h10-11H,6-8H2,1-5H3;1H. The van der Waals surface area contributed by atoms with Crippen LogP contribution >= 0.6 is 12.4 Å². The molecule has 0 saturated carbocycles. The summed E-state index contributed by atoms with van der Waals surface area (Å²) >= 11 is 0. The summed E-state index contributed by atoms with van der Waals surface area (Å²) in [6, 6.07) is 3.40. The van der Waals surface area contributed by atoms with E-state index >= 15 is 0 Å². The van der Waals surface area contributed by atoms with E-state index < -0.39 is 0 Å². The van der Waals surface area contributed by atoms with Crippen molar-refractivity contribution in [1.82, 2.24) is 4.90 Å². The zero-order valence-corrected chi connectivity index (χ0v) is 11.3. The summed E-state index contributed by atoms with van der Waals surface area (Å²) in [6.07, 6.45) is 2.29. The summed E-state index contributed by atoms with van der Waals surface area (Å²) in [5, 5.41) is 0. The number of nitrogens with zero attached hydrogens (tertiary/aromatic N) is 3. The quantitative estimate of drug-likeness (QED) is 0.649. The molecule has 0 aromatic carbocycles. The predicted molar refractivity (Wildman–Crippen MR) is 69.5 cm³/mol. The zero-order chi connectivity index (χ0) is 11.0. The van der Waals surface area contributed by atoms with Crippen LogP contribution < -0.4 is 0 Å². The van der Waals surface area contributed by atoms with Crippen LogP contribution in [0.15, 0.2) is 9.98 Å². The topological polar surface area (TPSA) is 28.0 Å². The molecule has 0 aliphatic rings. The van der Waals surface area contributed by atoms with Gasteiger partial charge in [-0.25, -0.2) is 9.98 Å². The highest BCUT2D eigenvalue weighted by Gasteiger charge is 1.98. The number of rotatable bonds is 6. The Bertz CT molecular complexity index is 196. The molecule has 0 amide bonds. The second kappa shape index (κ2) is 10.2. The van der Waals surface area contributed by atoms with E-state index in [4.69, 9.17) is 0 Å². The van der Waals surface area contributed by atoms with E-state index in [9.17, 15) is 0 Å². The van der Waals surface area contributed by atoms with Gasteiger partial charge in [0.15, 0.2) is 0 Å². The smallest absolute Gasteiger partial charge is 0.0898 e. The molecule has 0 rings (SSSR count). The highest BCUT2D eigenvalue weighted by atomic mass is 35.5. The van der Waals surface area contributed by atoms with Gasteiger partial charge in [-0.3, -0.25) is 0 Å². The fraction of sp³-hybridized carbons (Fsp3) is 0.909. The lowest BCUT2D eigenvalue weighted by molar-refractivity contribution is 0.388. The summed E-state index contributed by atoms with van der Waals surface area (Å²) in [4.78, 5) is 10.5. The van der Waals surface area contributed by atoms with Crippen LogP contribution in [0.25, 0.3) is 0 Å². The Morgan fingerprint density at radius 2 is 1.73 bits per heavy atom. The van der Waals surface area contributed by atoms with Crippen LogP contribution in [0.5, 0.6) is 0 Å². The van der Waals surface area contributed by atoms with Crippen LogP contribution in [0.2, 0.25) is 0 Å². The third kappa shape index (κ3) is 13.6. The first-order valence-electron chi connectivity index (χ1n) is 5.31. The van der Waals surface area contributed by atoms with Crippen molar-refractivity contribution in [2.45, 2.75) is 45.7 Å². The average Bonchev–Trinajstić information content (AvgIpc) is 2.02. The van der Waals surface area contributed by atoms with Crippen LogP contribution in [0.1, 0.15) is 33.6 Å². The Morgan fingerprint density at radius 3 is 2.20 bits per heavy atom. The predicted octanol–water partition coefficient (Wildman–Crippen LogP) is 2.72. The molecular weight excluding hydrogens is 210 g/mol. The summed E-state index contributed by atoms with van der Waals surface area (Å²) in [5.74, 6) is 0. The van der Waals surface area contributed by atoms with Gasteiger partial charge in [-0.05, 0) is 54.3 Å². The van der Waals surface area contributed by atoms with Gasteiger partial charge in [0.05, 0.1) is 18.1 Å². The highest BCUT2D eigenvalue weighted by molar-refractivity contribution is 5.85. The van der Waals surface area contributed by atoms with Crippen molar-refractivity contribution in [2.75, 3.05) is 20.6 Å². The Balaban J connectivity index is 0. The second-order valence-corrected chi connectivity index (χ2v) is 4.25. The van der Waals surface area contributed by atoms with Gasteiger partial charge in [-0.1, -0.05) is 0 Å². The van der Waals surface area contributed by atoms with Crippen molar-refractivity contribution in [3.63, 3.8) is 0 Å². The molecule has 0 fully saturated rings. The fourth-order valence-corrected chi connectivity index (χ4v) is 1.01. The third-order valence-electron chi connectivity index (χ3n) is 1.82. The molecule has 0 aromatic heterocycles. The van der Waals surface area contributed by atoms with Crippen LogP contribution in [-0.4, -0.2) is 43.6 Å². The number of halogens is 1. The molecule has 4 heteroatoms. The molecule has 1 unspecified atom stereocenters. The van der Waals surface area contributed by atoms with E-state index in [1.54, 1.807) is 0 Å². The van der Waals surface area contributed by atoms with Crippen LogP contribution in [0.4, 0.5) is 0 Å². The van der Waals surface area contributed by atoms with Crippen molar-refractivity contribution < 1.29 is 0 Å². The van der Waals surface area contributed by atoms with Gasteiger partial charge >= 0.3 is 0 Å². The molecule has 0 spiro atoms. The van der Waals surface area contributed by atoms with Crippen molar-refractivity contribution in [1.29, 1.82) is 0 Å². The van der Waals surface area contributed by atoms with E-state index in [2.05, 4.69) is 41.9 Å². The van der Waals surface area contributed by atoms with Crippen molar-refractivity contribution in [3.8, 4) is 0 Å². The second-order valence-electron chi connectivity index (χ2n) is 4.25. The molecule has 90 valence electrons. The Morgan fingerprint density at radius 1 is 1.13 bits per heavy atom. The minimum atomic E-state index is 0. The van der Waals surface area contributed by atoms with Gasteiger partial charge in [-0.15, -0.1) is 12.4 Å². The first-order chi connectivity index (χ1) is 6.52. The normalized spacial score (nSPS) is 11.9. The molecule has 0 aliphatic carbocycles. The van der Waals surface area contributed by atoms with E-state index in [1.807, 2.05) is 13.8 Å². The summed E-state index contributed by atoms with van der Waals surface area (Å²) in [5.41, 5.74) is 0. The van der Waals surface area contributed by atoms with Crippen molar-refractivity contribution in [2.24, 2.45) is 9.98 Å². The molecule has 0 N–H and O–H groups in total. The summed E-state index contributed by atoms with van der Waals surface area (Å²) in [7, 11) is 4.18. The molecule has 3 nitrogen and oxygen atoms in total. The molecule has 0 radical (unpaired) electrons. The lowest BCUT2D eigenvalue weighted by atomic mass is 10.2. The molecule has 0 saturated heterocycles. The van der Waals surface area contributed by atoms with E-state index in [1.165, 1.54) is 6.42 Å². The number of hydrogen-bond donors (Lipinski definition) is 0. The maximum absolute atomic E-state index is 4.23. The van der Waals surface area contributed by atoms with Crippen LogP contribution in [0, 0.1) is 0 Å². The zero-order valence-electron chi connectivity index (χ0n) is 10.5. The third-order valence-corrected chi connectivity index (χ3v) is 1.82. The molecule has 1 atom stereocenters. The Kier molecular flexibility index (Phi) is 11.5. The molecule has 0 heterocycles. The molecular formula is C11H24ClN3. The van der Waals surface area contributed by atoms with Crippen molar-refractivity contribution >= 4 is 18.4 Å². The van der Waals surface area contributed by atoms with E-state index in [0.29, 0.717) is 12.1 Å². The molecule has 0 bridgehead atoms. The largest absolute Gasteiger partial charge is 0.309 e. The van der Waals surface area contributed by atoms with Crippen LogP contribution in [0.3, 0.4) is 0 Å². The molecule has 15 heavy (non-hydrogen) atoms. The van der Waals surface area contributed by atoms with Gasteiger partial charge in [0.25, 0.3) is 0 Å². The Labute approximate surface area is 100 Å². The average molecular weight is 234 g/mol. The highest BCUT2D eigenvalue weighted by Crippen LogP contribution is 2.00. The summed E-state index contributed by atoms with van der Waals surface area (Å²) in [6.45, 7) is 7.29. The summed E-state index contributed by atoms with van der Waals surface area (Å²) < 4.78 is 0. The maximum Gasteiger partial charge on any atom is 0.0898 e. The van der Waals surface area contributed by atoms with Crippen molar-refractivity contribution in [3.05, 3.63) is 0 Å². The van der Waals surface area contributed by atoms with Gasteiger partial charge < -0.3 is 4.90 Å². The maximum atomic E-state index is 4.23. The van der Waals surface area contributed by atoms with Gasteiger partial charge in [0.2, 0.25) is 0 Å². The van der Waals surface area contributed by atoms with Crippen LogP contribution in [-0.2, 0) is 0 Å².